The summed E-state index contributed by atoms with van der Waals surface area (Å²) in [4.78, 5) is 14.6. The molecule has 8 heteroatoms. The molecular formula is C10H11N5O2S. The van der Waals surface area contributed by atoms with Crippen molar-refractivity contribution in [2.24, 2.45) is 0 Å². The number of carboxylic acids is 1. The predicted molar refractivity (Wildman–Crippen MR) is 66.7 cm³/mol. The first kappa shape index (κ1) is 12.4. The lowest BCUT2D eigenvalue weighted by atomic mass is 10.2. The Kier molecular flexibility index (Phi) is 3.47. The minimum absolute atomic E-state index is 0.0998. The van der Waals surface area contributed by atoms with E-state index in [9.17, 15) is 4.79 Å². The number of rotatable bonds is 4. The molecule has 0 fully saturated rings. The Morgan fingerprint density at radius 3 is 3.00 bits per heavy atom. The number of aromatic nitrogens is 4. The van der Waals surface area contributed by atoms with E-state index in [2.05, 4.69) is 15.2 Å². The molecule has 0 aliphatic heterocycles. The van der Waals surface area contributed by atoms with Gasteiger partial charge in [0.25, 0.3) is 0 Å². The predicted octanol–water partition coefficient (Wildman–Crippen LogP) is 0.730. The zero-order valence-electron chi connectivity index (χ0n) is 9.57. The number of hydrogen-bond donors (Lipinski definition) is 2. The SMILES string of the molecule is Cc1ccncc1-n1c(N)nnc1SCC(=O)O. The molecule has 0 bridgehead atoms. The molecule has 7 nitrogen and oxygen atoms in total. The van der Waals surface area contributed by atoms with E-state index < -0.39 is 5.97 Å². The van der Waals surface area contributed by atoms with Crippen LogP contribution in [0.25, 0.3) is 5.69 Å². The molecule has 94 valence electrons. The van der Waals surface area contributed by atoms with Crippen molar-refractivity contribution in [1.29, 1.82) is 0 Å². The highest BCUT2D eigenvalue weighted by atomic mass is 32.2. The van der Waals surface area contributed by atoms with E-state index in [4.69, 9.17) is 10.8 Å². The Hall–Kier alpha value is -2.09. The molecule has 0 saturated carbocycles. The van der Waals surface area contributed by atoms with Gasteiger partial charge < -0.3 is 10.8 Å². The Morgan fingerprint density at radius 1 is 1.56 bits per heavy atom. The van der Waals surface area contributed by atoms with Gasteiger partial charge in [-0.2, -0.15) is 0 Å². The first-order chi connectivity index (χ1) is 8.59. The number of anilines is 1. The summed E-state index contributed by atoms with van der Waals surface area (Å²) >= 11 is 1.06. The first-order valence-corrected chi connectivity index (χ1v) is 6.04. The van der Waals surface area contributed by atoms with Crippen molar-refractivity contribution in [2.75, 3.05) is 11.5 Å². The molecule has 0 aromatic carbocycles. The van der Waals surface area contributed by atoms with Gasteiger partial charge in [-0.05, 0) is 18.6 Å². The van der Waals surface area contributed by atoms with Crippen molar-refractivity contribution in [3.8, 4) is 5.69 Å². The second-order valence-corrected chi connectivity index (χ2v) is 4.46. The number of carbonyl (C=O) groups is 1. The summed E-state index contributed by atoms with van der Waals surface area (Å²) < 4.78 is 1.59. The van der Waals surface area contributed by atoms with Crippen LogP contribution in [0.5, 0.6) is 0 Å². The minimum atomic E-state index is -0.920. The van der Waals surface area contributed by atoms with E-state index in [1.165, 1.54) is 0 Å². The van der Waals surface area contributed by atoms with Crippen LogP contribution in [0.2, 0.25) is 0 Å². The van der Waals surface area contributed by atoms with Gasteiger partial charge in [-0.1, -0.05) is 11.8 Å². The van der Waals surface area contributed by atoms with Crippen molar-refractivity contribution in [1.82, 2.24) is 19.7 Å². The lowest BCUT2D eigenvalue weighted by molar-refractivity contribution is -0.133. The maximum Gasteiger partial charge on any atom is 0.313 e. The molecule has 0 unspecified atom stereocenters. The fourth-order valence-corrected chi connectivity index (χ4v) is 2.09. The third-order valence-electron chi connectivity index (χ3n) is 2.24. The number of nitrogens with two attached hydrogens (primary N) is 1. The van der Waals surface area contributed by atoms with Gasteiger partial charge in [-0.3, -0.25) is 14.3 Å². The fourth-order valence-electron chi connectivity index (χ4n) is 1.42. The van der Waals surface area contributed by atoms with Crippen molar-refractivity contribution in [3.63, 3.8) is 0 Å². The van der Waals surface area contributed by atoms with E-state index in [0.717, 1.165) is 23.0 Å². The molecule has 0 spiro atoms. The van der Waals surface area contributed by atoms with Crippen LogP contribution >= 0.6 is 11.8 Å². The summed E-state index contributed by atoms with van der Waals surface area (Å²) in [5, 5.41) is 16.7. The van der Waals surface area contributed by atoms with E-state index in [1.54, 1.807) is 17.0 Å². The summed E-state index contributed by atoms with van der Waals surface area (Å²) in [6.45, 7) is 1.90. The van der Waals surface area contributed by atoms with Crippen LogP contribution in [0, 0.1) is 6.92 Å². The topological polar surface area (TPSA) is 107 Å². The number of nitrogens with zero attached hydrogens (tertiary/aromatic N) is 4. The number of thioether (sulfide) groups is 1. The van der Waals surface area contributed by atoms with Crippen molar-refractivity contribution in [3.05, 3.63) is 24.0 Å². The number of aryl methyl sites for hydroxylation is 1. The molecule has 0 aliphatic carbocycles. The Bertz CT molecular complexity index is 583. The molecule has 18 heavy (non-hydrogen) atoms. The quantitative estimate of drug-likeness (QED) is 0.784. The van der Waals surface area contributed by atoms with Crippen LogP contribution in [-0.4, -0.2) is 36.6 Å². The summed E-state index contributed by atoms with van der Waals surface area (Å²) in [6, 6.07) is 1.83. The second-order valence-electron chi connectivity index (χ2n) is 3.52. The Labute approximate surface area is 107 Å². The number of pyridine rings is 1. The van der Waals surface area contributed by atoms with Gasteiger partial charge in [0.1, 0.15) is 0 Å². The smallest absolute Gasteiger partial charge is 0.313 e. The summed E-state index contributed by atoms with van der Waals surface area (Å²) in [6.07, 6.45) is 3.31. The Balaban J connectivity index is 2.41. The zero-order chi connectivity index (χ0) is 13.1. The maximum absolute atomic E-state index is 10.6. The largest absolute Gasteiger partial charge is 0.481 e. The van der Waals surface area contributed by atoms with E-state index in [-0.39, 0.29) is 11.7 Å². The van der Waals surface area contributed by atoms with Gasteiger partial charge in [0.2, 0.25) is 5.95 Å². The average molecular weight is 265 g/mol. The normalized spacial score (nSPS) is 10.5. The third kappa shape index (κ3) is 2.43. The van der Waals surface area contributed by atoms with Crippen LogP contribution < -0.4 is 5.73 Å². The Morgan fingerprint density at radius 2 is 2.33 bits per heavy atom. The molecule has 2 aromatic rings. The molecule has 0 radical (unpaired) electrons. The molecule has 0 aliphatic rings. The first-order valence-electron chi connectivity index (χ1n) is 5.06. The molecule has 0 atom stereocenters. The molecule has 3 N–H and O–H groups in total. The van der Waals surface area contributed by atoms with Gasteiger partial charge in [0.05, 0.1) is 17.6 Å². The number of carboxylic acid groups (broad SMARTS) is 1. The number of aliphatic carboxylic acids is 1. The highest BCUT2D eigenvalue weighted by Gasteiger charge is 2.14. The van der Waals surface area contributed by atoms with Crippen molar-refractivity contribution in [2.45, 2.75) is 12.1 Å². The third-order valence-corrected chi connectivity index (χ3v) is 3.15. The minimum Gasteiger partial charge on any atom is -0.481 e. The molecule has 2 rings (SSSR count). The summed E-state index contributed by atoms with van der Waals surface area (Å²) in [7, 11) is 0. The molecule has 0 saturated heterocycles. The van der Waals surface area contributed by atoms with Crippen LogP contribution in [-0.2, 0) is 4.79 Å². The molecular weight excluding hydrogens is 254 g/mol. The van der Waals surface area contributed by atoms with Crippen LogP contribution in [0.3, 0.4) is 0 Å². The lowest BCUT2D eigenvalue weighted by Gasteiger charge is -2.09. The highest BCUT2D eigenvalue weighted by molar-refractivity contribution is 7.99. The van der Waals surface area contributed by atoms with E-state index in [1.807, 2.05) is 13.0 Å². The molecule has 2 aromatic heterocycles. The molecule has 0 amide bonds. The number of hydrogen-bond acceptors (Lipinski definition) is 6. The maximum atomic E-state index is 10.6. The lowest BCUT2D eigenvalue weighted by Crippen LogP contribution is -2.06. The van der Waals surface area contributed by atoms with Gasteiger partial charge in [-0.25, -0.2) is 0 Å². The van der Waals surface area contributed by atoms with E-state index >= 15 is 0 Å². The second kappa shape index (κ2) is 5.05. The molecule has 2 heterocycles. The highest BCUT2D eigenvalue weighted by Crippen LogP contribution is 2.24. The van der Waals surface area contributed by atoms with Crippen LogP contribution in [0.15, 0.2) is 23.6 Å². The van der Waals surface area contributed by atoms with Gasteiger partial charge >= 0.3 is 5.97 Å². The zero-order valence-corrected chi connectivity index (χ0v) is 10.4. The summed E-state index contributed by atoms with van der Waals surface area (Å²) in [5.41, 5.74) is 7.45. The van der Waals surface area contributed by atoms with Crippen molar-refractivity contribution >= 4 is 23.7 Å². The van der Waals surface area contributed by atoms with Crippen molar-refractivity contribution < 1.29 is 9.90 Å². The fraction of sp³-hybridized carbons (Fsp3) is 0.200. The standard InChI is InChI=1S/C10H11N5O2S/c1-6-2-3-12-4-7(6)15-9(11)13-14-10(15)18-5-8(16)17/h2-4H,5H2,1H3,(H2,11,13)(H,16,17). The summed E-state index contributed by atoms with van der Waals surface area (Å²) in [5.74, 6) is -0.813. The number of nitrogen functional groups attached to an aromatic ring is 1. The van der Waals surface area contributed by atoms with Crippen LogP contribution in [0.1, 0.15) is 5.56 Å². The van der Waals surface area contributed by atoms with Crippen LogP contribution in [0.4, 0.5) is 5.95 Å². The van der Waals surface area contributed by atoms with E-state index in [0.29, 0.717) is 5.16 Å². The van der Waals surface area contributed by atoms with Gasteiger partial charge in [-0.15, -0.1) is 10.2 Å². The van der Waals surface area contributed by atoms with Gasteiger partial charge in [0, 0.05) is 6.20 Å². The monoisotopic (exact) mass is 265 g/mol. The van der Waals surface area contributed by atoms with Gasteiger partial charge in [0.15, 0.2) is 5.16 Å². The average Bonchev–Trinajstić information content (AvgIpc) is 2.69.